The third kappa shape index (κ3) is 2.32. The van der Waals surface area contributed by atoms with Gasteiger partial charge in [-0.05, 0) is 50.4 Å². The molecule has 0 aromatic rings. The number of imide groups is 1. The first-order chi connectivity index (χ1) is 9.62. The molecule has 2 saturated heterocycles. The molecule has 20 heavy (non-hydrogen) atoms. The predicted octanol–water partition coefficient (Wildman–Crippen LogP) is 1.91. The molecule has 0 unspecified atom stereocenters. The van der Waals surface area contributed by atoms with E-state index in [1.54, 1.807) is 0 Å². The zero-order valence-corrected chi connectivity index (χ0v) is 12.2. The van der Waals surface area contributed by atoms with Gasteiger partial charge in [-0.2, -0.15) is 0 Å². The van der Waals surface area contributed by atoms with Crippen molar-refractivity contribution in [1.82, 2.24) is 10.2 Å². The molecule has 0 aromatic heterocycles. The maximum atomic E-state index is 12.3. The van der Waals surface area contributed by atoms with E-state index in [0.717, 1.165) is 51.7 Å². The smallest absolute Gasteiger partial charge is 0.325 e. The van der Waals surface area contributed by atoms with Crippen molar-refractivity contribution in [3.05, 3.63) is 0 Å². The summed E-state index contributed by atoms with van der Waals surface area (Å²) < 4.78 is 5.38. The van der Waals surface area contributed by atoms with Gasteiger partial charge >= 0.3 is 6.03 Å². The first-order valence-electron chi connectivity index (χ1n) is 7.82. The lowest BCUT2D eigenvalue weighted by atomic mass is 9.76. The van der Waals surface area contributed by atoms with Crippen LogP contribution in [0, 0.1) is 11.8 Å². The van der Waals surface area contributed by atoms with Gasteiger partial charge in [-0.3, -0.25) is 10.1 Å². The van der Waals surface area contributed by atoms with Crippen molar-refractivity contribution in [3.63, 3.8) is 0 Å². The lowest BCUT2D eigenvalue weighted by Crippen LogP contribution is -2.53. The minimum Gasteiger partial charge on any atom is -0.381 e. The normalized spacial score (nSPS) is 35.6. The number of carbonyl (C=O) groups excluding carboxylic acids is 2. The highest BCUT2D eigenvalue weighted by Gasteiger charge is 2.53. The summed E-state index contributed by atoms with van der Waals surface area (Å²) in [6.45, 7) is 4.48. The van der Waals surface area contributed by atoms with Crippen LogP contribution in [0.5, 0.6) is 0 Å². The molecule has 2 heterocycles. The Labute approximate surface area is 120 Å². The maximum Gasteiger partial charge on any atom is 0.325 e. The van der Waals surface area contributed by atoms with Crippen LogP contribution in [-0.4, -0.2) is 42.1 Å². The molecular weight excluding hydrogens is 256 g/mol. The molecule has 3 fully saturated rings. The number of nitrogens with one attached hydrogen (secondary N) is 1. The largest absolute Gasteiger partial charge is 0.381 e. The summed E-state index contributed by atoms with van der Waals surface area (Å²) in [7, 11) is 0. The van der Waals surface area contributed by atoms with E-state index in [0.29, 0.717) is 18.4 Å². The average molecular weight is 280 g/mol. The zero-order valence-electron chi connectivity index (χ0n) is 12.2. The molecule has 1 saturated carbocycles. The molecular formula is C15H24N2O3. The van der Waals surface area contributed by atoms with Crippen LogP contribution in [0.3, 0.4) is 0 Å². The van der Waals surface area contributed by atoms with E-state index in [-0.39, 0.29) is 11.9 Å². The van der Waals surface area contributed by atoms with Gasteiger partial charge in [0.2, 0.25) is 0 Å². The van der Waals surface area contributed by atoms with Gasteiger partial charge < -0.3 is 9.64 Å². The SMILES string of the molecule is CC1CCC2(CC1)C(=O)NC(=O)N2CC1CCOCC1. The molecule has 0 radical (unpaired) electrons. The Bertz CT molecular complexity index is 396. The number of amides is 3. The molecule has 1 spiro atoms. The highest BCUT2D eigenvalue weighted by Crippen LogP contribution is 2.40. The van der Waals surface area contributed by atoms with E-state index in [1.807, 2.05) is 4.90 Å². The molecule has 2 aliphatic heterocycles. The number of hydrogen-bond acceptors (Lipinski definition) is 3. The Morgan fingerprint density at radius 3 is 2.50 bits per heavy atom. The van der Waals surface area contributed by atoms with Crippen molar-refractivity contribution >= 4 is 11.9 Å². The van der Waals surface area contributed by atoms with Crippen LogP contribution in [0.4, 0.5) is 4.79 Å². The molecule has 0 bridgehead atoms. The summed E-state index contributed by atoms with van der Waals surface area (Å²) in [5.74, 6) is 1.06. The number of hydrogen-bond donors (Lipinski definition) is 1. The first kappa shape index (κ1) is 13.9. The number of urea groups is 1. The van der Waals surface area contributed by atoms with E-state index in [1.165, 1.54) is 0 Å². The average Bonchev–Trinajstić information content (AvgIpc) is 2.68. The summed E-state index contributed by atoms with van der Waals surface area (Å²) in [5.41, 5.74) is -0.554. The second-order valence-electron chi connectivity index (χ2n) is 6.64. The summed E-state index contributed by atoms with van der Waals surface area (Å²) in [6.07, 6.45) is 5.68. The minimum absolute atomic E-state index is 0.0681. The van der Waals surface area contributed by atoms with Gasteiger partial charge in [-0.1, -0.05) is 6.92 Å². The number of ether oxygens (including phenoxy) is 1. The van der Waals surface area contributed by atoms with Crippen molar-refractivity contribution < 1.29 is 14.3 Å². The quantitative estimate of drug-likeness (QED) is 0.786. The van der Waals surface area contributed by atoms with Crippen LogP contribution in [0.2, 0.25) is 0 Å². The van der Waals surface area contributed by atoms with Crippen molar-refractivity contribution in [2.75, 3.05) is 19.8 Å². The Kier molecular flexibility index (Phi) is 3.71. The molecule has 3 aliphatic rings. The third-order valence-corrected chi connectivity index (χ3v) is 5.29. The summed E-state index contributed by atoms with van der Waals surface area (Å²) in [6, 6.07) is -0.184. The lowest BCUT2D eigenvalue weighted by Gasteiger charge is -2.41. The number of nitrogens with zero attached hydrogens (tertiary/aromatic N) is 1. The molecule has 1 aliphatic carbocycles. The molecule has 3 amide bonds. The third-order valence-electron chi connectivity index (χ3n) is 5.29. The Hall–Kier alpha value is -1.10. The van der Waals surface area contributed by atoms with E-state index in [4.69, 9.17) is 4.74 Å². The van der Waals surface area contributed by atoms with Crippen LogP contribution in [0.15, 0.2) is 0 Å². The van der Waals surface area contributed by atoms with Gasteiger partial charge in [-0.25, -0.2) is 4.79 Å². The van der Waals surface area contributed by atoms with Crippen molar-refractivity contribution in [2.24, 2.45) is 11.8 Å². The second-order valence-corrected chi connectivity index (χ2v) is 6.64. The number of carbonyl (C=O) groups is 2. The van der Waals surface area contributed by atoms with Gasteiger partial charge in [0, 0.05) is 19.8 Å². The Morgan fingerprint density at radius 2 is 1.85 bits per heavy atom. The van der Waals surface area contributed by atoms with Crippen molar-refractivity contribution in [1.29, 1.82) is 0 Å². The van der Waals surface area contributed by atoms with E-state index in [9.17, 15) is 9.59 Å². The lowest BCUT2D eigenvalue weighted by molar-refractivity contribution is -0.129. The fourth-order valence-electron chi connectivity index (χ4n) is 3.78. The van der Waals surface area contributed by atoms with Gasteiger partial charge in [0.05, 0.1) is 0 Å². The second kappa shape index (κ2) is 5.35. The summed E-state index contributed by atoms with van der Waals surface area (Å²) >= 11 is 0. The fraction of sp³-hybridized carbons (Fsp3) is 0.867. The standard InChI is InChI=1S/C15H24N2O3/c1-11-2-6-15(7-3-11)13(18)16-14(19)17(15)10-12-4-8-20-9-5-12/h11-12H,2-10H2,1H3,(H,16,18,19). The van der Waals surface area contributed by atoms with Crippen LogP contribution in [0.1, 0.15) is 45.4 Å². The molecule has 5 heteroatoms. The van der Waals surface area contributed by atoms with Gasteiger partial charge in [0.25, 0.3) is 5.91 Å². The Balaban J connectivity index is 1.75. The van der Waals surface area contributed by atoms with Gasteiger partial charge in [0.1, 0.15) is 5.54 Å². The molecule has 1 N–H and O–H groups in total. The molecule has 0 aromatic carbocycles. The highest BCUT2D eigenvalue weighted by molar-refractivity contribution is 6.07. The van der Waals surface area contributed by atoms with E-state index >= 15 is 0 Å². The molecule has 3 rings (SSSR count). The fourth-order valence-corrected chi connectivity index (χ4v) is 3.78. The predicted molar refractivity (Wildman–Crippen MR) is 74.2 cm³/mol. The van der Waals surface area contributed by atoms with Crippen molar-refractivity contribution in [3.8, 4) is 0 Å². The van der Waals surface area contributed by atoms with Gasteiger partial charge in [0.15, 0.2) is 0 Å². The highest BCUT2D eigenvalue weighted by atomic mass is 16.5. The van der Waals surface area contributed by atoms with Crippen LogP contribution >= 0.6 is 0 Å². The summed E-state index contributed by atoms with van der Waals surface area (Å²) in [4.78, 5) is 26.3. The number of rotatable bonds is 2. The van der Waals surface area contributed by atoms with Crippen LogP contribution < -0.4 is 5.32 Å². The minimum atomic E-state index is -0.554. The van der Waals surface area contributed by atoms with E-state index in [2.05, 4.69) is 12.2 Å². The van der Waals surface area contributed by atoms with E-state index < -0.39 is 5.54 Å². The Morgan fingerprint density at radius 1 is 1.20 bits per heavy atom. The topological polar surface area (TPSA) is 58.6 Å². The van der Waals surface area contributed by atoms with Crippen LogP contribution in [-0.2, 0) is 9.53 Å². The monoisotopic (exact) mass is 280 g/mol. The zero-order chi connectivity index (χ0) is 14.2. The van der Waals surface area contributed by atoms with Crippen molar-refractivity contribution in [2.45, 2.75) is 51.0 Å². The molecule has 112 valence electrons. The van der Waals surface area contributed by atoms with Gasteiger partial charge in [-0.15, -0.1) is 0 Å². The summed E-state index contributed by atoms with van der Waals surface area (Å²) in [5, 5.41) is 2.55. The first-order valence-corrected chi connectivity index (χ1v) is 7.82. The molecule has 5 nitrogen and oxygen atoms in total. The maximum absolute atomic E-state index is 12.3. The van der Waals surface area contributed by atoms with Crippen LogP contribution in [0.25, 0.3) is 0 Å². The molecule has 0 atom stereocenters.